The van der Waals surface area contributed by atoms with E-state index in [1.165, 1.54) is 41.3 Å². The lowest BCUT2D eigenvalue weighted by Gasteiger charge is -2.27. The third-order valence-electron chi connectivity index (χ3n) is 3.61. The van der Waals surface area contributed by atoms with Gasteiger partial charge >= 0.3 is 6.09 Å². The van der Waals surface area contributed by atoms with Crippen molar-refractivity contribution < 1.29 is 24.1 Å². The highest BCUT2D eigenvalue weighted by molar-refractivity contribution is 5.68. The van der Waals surface area contributed by atoms with Crippen LogP contribution in [0.1, 0.15) is 26.3 Å². The molecule has 10 nitrogen and oxygen atoms in total. The summed E-state index contributed by atoms with van der Waals surface area (Å²) in [5.74, 6) is 0.341. The first-order chi connectivity index (χ1) is 13.5. The largest absolute Gasteiger partial charge is 0.473 e. The predicted molar refractivity (Wildman–Crippen MR) is 103 cm³/mol. The molecule has 10 heteroatoms. The molecule has 0 saturated heterocycles. The number of non-ortho nitro benzene ring substituents is 2. The molecule has 0 atom stereocenters. The summed E-state index contributed by atoms with van der Waals surface area (Å²) >= 11 is 0. The van der Waals surface area contributed by atoms with E-state index in [4.69, 9.17) is 9.47 Å². The molecule has 154 valence electrons. The van der Waals surface area contributed by atoms with Crippen molar-refractivity contribution in [1.82, 2.24) is 4.90 Å². The number of nitro benzene ring substituents is 2. The van der Waals surface area contributed by atoms with E-state index in [-0.39, 0.29) is 24.7 Å². The molecule has 0 saturated carbocycles. The molecular weight excluding hydrogens is 382 g/mol. The first-order valence-corrected chi connectivity index (χ1v) is 8.64. The molecule has 0 N–H and O–H groups in total. The van der Waals surface area contributed by atoms with E-state index in [9.17, 15) is 25.0 Å². The maximum absolute atomic E-state index is 12.5. The number of carbonyl (C=O) groups is 1. The fourth-order valence-electron chi connectivity index (χ4n) is 2.25. The molecule has 29 heavy (non-hydrogen) atoms. The molecule has 0 heterocycles. The van der Waals surface area contributed by atoms with Gasteiger partial charge in [-0.25, -0.2) is 4.79 Å². The normalized spacial score (nSPS) is 10.9. The van der Waals surface area contributed by atoms with Crippen molar-refractivity contribution in [1.29, 1.82) is 0 Å². The second-order valence-corrected chi connectivity index (χ2v) is 7.13. The SMILES string of the molecule is CC(C)(C)OC(=O)N(COc1ccc([N+](=O)[O-])cc1)Cc1ccc([N+](=O)[O-])cc1. The molecule has 0 aliphatic rings. The number of nitrogens with zero attached hydrogens (tertiary/aromatic N) is 3. The van der Waals surface area contributed by atoms with Gasteiger partial charge in [0.25, 0.3) is 11.4 Å². The number of benzene rings is 2. The van der Waals surface area contributed by atoms with Crippen molar-refractivity contribution >= 4 is 17.5 Å². The number of amides is 1. The summed E-state index contributed by atoms with van der Waals surface area (Å²) in [5.41, 5.74) is -0.210. The van der Waals surface area contributed by atoms with Crippen LogP contribution in [0.2, 0.25) is 0 Å². The maximum Gasteiger partial charge on any atom is 0.413 e. The fraction of sp³-hybridized carbons (Fsp3) is 0.316. The highest BCUT2D eigenvalue weighted by Gasteiger charge is 2.23. The molecule has 2 aromatic rings. The molecule has 2 rings (SSSR count). The quantitative estimate of drug-likeness (QED) is 0.384. The standard InChI is InChI=1S/C19H21N3O7/c1-19(2,3)29-18(23)20(12-14-4-6-15(7-5-14)21(24)25)13-28-17-10-8-16(9-11-17)22(26)27/h4-11H,12-13H2,1-3H3. The number of ether oxygens (including phenoxy) is 2. The molecule has 0 fully saturated rings. The van der Waals surface area contributed by atoms with Gasteiger partial charge in [0.15, 0.2) is 6.73 Å². The minimum atomic E-state index is -0.724. The Morgan fingerprint density at radius 2 is 1.41 bits per heavy atom. The Kier molecular flexibility index (Phi) is 6.71. The van der Waals surface area contributed by atoms with Crippen LogP contribution in [0.3, 0.4) is 0 Å². The van der Waals surface area contributed by atoms with Crippen molar-refractivity contribution in [3.63, 3.8) is 0 Å². The maximum atomic E-state index is 12.5. The third-order valence-corrected chi connectivity index (χ3v) is 3.61. The van der Waals surface area contributed by atoms with Crippen LogP contribution in [0.15, 0.2) is 48.5 Å². The van der Waals surface area contributed by atoms with E-state index < -0.39 is 21.5 Å². The summed E-state index contributed by atoms with van der Waals surface area (Å²) in [5, 5.41) is 21.5. The Bertz CT molecular complexity index is 874. The molecule has 0 bridgehead atoms. The molecule has 1 amide bonds. The average molecular weight is 403 g/mol. The van der Waals surface area contributed by atoms with Crippen LogP contribution in [0, 0.1) is 20.2 Å². The molecule has 0 unspecified atom stereocenters. The van der Waals surface area contributed by atoms with Crippen molar-refractivity contribution in [2.75, 3.05) is 6.73 Å². The second kappa shape index (κ2) is 9.00. The first kappa shape index (κ1) is 21.6. The van der Waals surface area contributed by atoms with Gasteiger partial charge in [0.05, 0.1) is 16.4 Å². The lowest BCUT2D eigenvalue weighted by molar-refractivity contribution is -0.385. The topological polar surface area (TPSA) is 125 Å². The number of rotatable bonds is 7. The molecule has 0 aliphatic heterocycles. The van der Waals surface area contributed by atoms with Crippen molar-refractivity contribution in [3.05, 3.63) is 74.3 Å². The van der Waals surface area contributed by atoms with E-state index in [1.807, 2.05) is 0 Å². The lowest BCUT2D eigenvalue weighted by atomic mass is 10.2. The summed E-state index contributed by atoms with van der Waals surface area (Å²) in [4.78, 5) is 34.3. The minimum absolute atomic E-state index is 0.0558. The van der Waals surface area contributed by atoms with E-state index in [0.29, 0.717) is 11.3 Å². The zero-order chi connectivity index (χ0) is 21.6. The highest BCUT2D eigenvalue weighted by atomic mass is 16.6. The van der Waals surface area contributed by atoms with E-state index >= 15 is 0 Å². The zero-order valence-corrected chi connectivity index (χ0v) is 16.2. The Balaban J connectivity index is 2.12. The van der Waals surface area contributed by atoms with Gasteiger partial charge in [0.2, 0.25) is 0 Å². The molecule has 0 spiro atoms. The van der Waals surface area contributed by atoms with Crippen LogP contribution >= 0.6 is 0 Å². The average Bonchev–Trinajstić information content (AvgIpc) is 2.64. The van der Waals surface area contributed by atoms with Crippen LogP contribution in [0.25, 0.3) is 0 Å². The molecule has 2 aromatic carbocycles. The Morgan fingerprint density at radius 3 is 1.86 bits per heavy atom. The number of carbonyl (C=O) groups excluding carboxylic acids is 1. The monoisotopic (exact) mass is 403 g/mol. The van der Waals surface area contributed by atoms with Gasteiger partial charge in [-0.1, -0.05) is 12.1 Å². The second-order valence-electron chi connectivity index (χ2n) is 7.13. The van der Waals surface area contributed by atoms with E-state index in [0.717, 1.165) is 0 Å². The van der Waals surface area contributed by atoms with Crippen molar-refractivity contribution in [2.45, 2.75) is 32.9 Å². The Morgan fingerprint density at radius 1 is 0.931 bits per heavy atom. The van der Waals surface area contributed by atoms with Crippen LogP contribution in [-0.2, 0) is 11.3 Å². The van der Waals surface area contributed by atoms with Crippen LogP contribution in [-0.4, -0.2) is 33.2 Å². The summed E-state index contributed by atoms with van der Waals surface area (Å²) in [7, 11) is 0. The summed E-state index contributed by atoms with van der Waals surface area (Å²) in [6, 6.07) is 11.2. The zero-order valence-electron chi connectivity index (χ0n) is 16.2. The molecule has 0 aromatic heterocycles. The van der Waals surface area contributed by atoms with Crippen molar-refractivity contribution in [3.8, 4) is 5.75 Å². The number of hydrogen-bond acceptors (Lipinski definition) is 7. The van der Waals surface area contributed by atoms with Crippen LogP contribution in [0.5, 0.6) is 5.75 Å². The minimum Gasteiger partial charge on any atom is -0.473 e. The highest BCUT2D eigenvalue weighted by Crippen LogP contribution is 2.19. The third kappa shape index (κ3) is 6.76. The van der Waals surface area contributed by atoms with Gasteiger partial charge < -0.3 is 9.47 Å². The van der Waals surface area contributed by atoms with Gasteiger partial charge in [-0.3, -0.25) is 25.1 Å². The van der Waals surface area contributed by atoms with Gasteiger partial charge in [-0.05, 0) is 38.5 Å². The van der Waals surface area contributed by atoms with Gasteiger partial charge in [0.1, 0.15) is 11.4 Å². The van der Waals surface area contributed by atoms with E-state index in [2.05, 4.69) is 0 Å². The fourth-order valence-corrected chi connectivity index (χ4v) is 2.25. The Labute approximate surface area is 166 Å². The van der Waals surface area contributed by atoms with Gasteiger partial charge in [-0.15, -0.1) is 0 Å². The van der Waals surface area contributed by atoms with Crippen LogP contribution in [0.4, 0.5) is 16.2 Å². The summed E-state index contributed by atoms with van der Waals surface area (Å²) in [6.07, 6.45) is -0.627. The number of nitro groups is 2. The van der Waals surface area contributed by atoms with Crippen LogP contribution < -0.4 is 4.74 Å². The molecule has 0 radical (unpaired) electrons. The Hall–Kier alpha value is -3.69. The number of hydrogen-bond donors (Lipinski definition) is 0. The van der Waals surface area contributed by atoms with Gasteiger partial charge in [-0.2, -0.15) is 0 Å². The van der Waals surface area contributed by atoms with Gasteiger partial charge in [0, 0.05) is 24.3 Å². The summed E-state index contributed by atoms with van der Waals surface area (Å²) < 4.78 is 10.9. The first-order valence-electron chi connectivity index (χ1n) is 8.64. The lowest BCUT2D eigenvalue weighted by Crippen LogP contribution is -2.38. The molecular formula is C19H21N3O7. The molecule has 0 aliphatic carbocycles. The van der Waals surface area contributed by atoms with E-state index in [1.54, 1.807) is 32.9 Å². The summed E-state index contributed by atoms with van der Waals surface area (Å²) in [6.45, 7) is 5.11. The predicted octanol–water partition coefficient (Wildman–Crippen LogP) is 4.28. The smallest absolute Gasteiger partial charge is 0.413 e. The van der Waals surface area contributed by atoms with Crippen molar-refractivity contribution in [2.24, 2.45) is 0 Å².